The van der Waals surface area contributed by atoms with E-state index in [0.717, 1.165) is 28.7 Å². The Balaban J connectivity index is 1.70. The van der Waals surface area contributed by atoms with Crippen LogP contribution in [-0.2, 0) is 16.8 Å². The molecule has 4 aromatic carbocycles. The summed E-state index contributed by atoms with van der Waals surface area (Å²) in [6, 6.07) is 35.5. The number of para-hydroxylation sites is 3. The number of nitrogens with zero attached hydrogens (tertiary/aromatic N) is 2. The van der Waals surface area contributed by atoms with Crippen molar-refractivity contribution in [3.63, 3.8) is 0 Å². The van der Waals surface area contributed by atoms with Crippen LogP contribution in [0.3, 0.4) is 0 Å². The predicted molar refractivity (Wildman–Crippen MR) is 136 cm³/mol. The highest BCUT2D eigenvalue weighted by molar-refractivity contribution is 6.11. The number of rotatable bonds is 4. The summed E-state index contributed by atoms with van der Waals surface area (Å²) < 4.78 is 2.30. The van der Waals surface area contributed by atoms with Gasteiger partial charge in [0.2, 0.25) is 0 Å². The van der Waals surface area contributed by atoms with Gasteiger partial charge in [0.05, 0.1) is 11.0 Å². The van der Waals surface area contributed by atoms with Crippen molar-refractivity contribution in [2.75, 3.05) is 11.4 Å². The van der Waals surface area contributed by atoms with Crippen LogP contribution in [0.15, 0.2) is 103 Å². The number of carbonyl (C=O) groups is 1. The Bertz CT molecular complexity index is 1430. The monoisotopic (exact) mass is 430 g/mol. The molecule has 33 heavy (non-hydrogen) atoms. The highest BCUT2D eigenvalue weighted by Crippen LogP contribution is 2.42. The van der Waals surface area contributed by atoms with Crippen molar-refractivity contribution in [3.8, 4) is 0 Å². The van der Waals surface area contributed by atoms with E-state index < -0.39 is 5.54 Å². The first-order valence-corrected chi connectivity index (χ1v) is 11.7. The third kappa shape index (κ3) is 2.78. The molecule has 0 fully saturated rings. The minimum Gasteiger partial charge on any atom is -0.321 e. The first kappa shape index (κ1) is 19.8. The van der Waals surface area contributed by atoms with Crippen LogP contribution in [-0.4, -0.2) is 17.0 Å². The summed E-state index contributed by atoms with van der Waals surface area (Å²) in [6.45, 7) is 2.85. The van der Waals surface area contributed by atoms with Crippen molar-refractivity contribution in [1.82, 2.24) is 4.57 Å². The van der Waals surface area contributed by atoms with E-state index in [0.29, 0.717) is 13.0 Å². The number of hydrogen-bond donors (Lipinski definition) is 0. The molecule has 1 aliphatic rings. The molecule has 0 unspecified atom stereocenters. The fraction of sp³-hybridized carbons (Fsp3) is 0.167. The van der Waals surface area contributed by atoms with Crippen molar-refractivity contribution in [3.05, 3.63) is 114 Å². The van der Waals surface area contributed by atoms with Gasteiger partial charge < -0.3 is 9.47 Å². The highest BCUT2D eigenvalue weighted by atomic mass is 16.2. The van der Waals surface area contributed by atoms with Gasteiger partial charge in [-0.25, -0.2) is 0 Å². The molecular weight excluding hydrogens is 404 g/mol. The zero-order valence-corrected chi connectivity index (χ0v) is 18.7. The van der Waals surface area contributed by atoms with E-state index in [-0.39, 0.29) is 5.91 Å². The standard InChI is InChI=1S/C30H26N2O/c1-2-30(23-13-4-3-5-14-23,29(33)31-21-20-22-12-6-9-17-26(22)31)32-27-18-10-7-15-24(27)25-16-8-11-19-28(25)32/h3-19H,2,20-21H2,1H3/t30-/m0/s1. The summed E-state index contributed by atoms with van der Waals surface area (Å²) in [5.41, 5.74) is 4.62. The van der Waals surface area contributed by atoms with Crippen LogP contribution in [0.2, 0.25) is 0 Å². The average molecular weight is 431 g/mol. The predicted octanol–water partition coefficient (Wildman–Crippen LogP) is 6.54. The molecule has 0 aliphatic carbocycles. The van der Waals surface area contributed by atoms with Gasteiger partial charge in [-0.1, -0.05) is 91.9 Å². The van der Waals surface area contributed by atoms with Gasteiger partial charge in [-0.2, -0.15) is 0 Å². The largest absolute Gasteiger partial charge is 0.321 e. The van der Waals surface area contributed by atoms with Gasteiger partial charge in [-0.15, -0.1) is 0 Å². The Kier molecular flexibility index (Phi) is 4.58. The molecule has 3 heteroatoms. The van der Waals surface area contributed by atoms with Crippen molar-refractivity contribution in [2.45, 2.75) is 25.3 Å². The molecule has 2 heterocycles. The molecule has 0 radical (unpaired) electrons. The molecule has 0 saturated heterocycles. The maximum absolute atomic E-state index is 14.8. The van der Waals surface area contributed by atoms with E-state index in [4.69, 9.17) is 0 Å². The molecule has 1 atom stereocenters. The second-order valence-corrected chi connectivity index (χ2v) is 8.79. The number of fused-ring (bicyclic) bond motifs is 4. The van der Waals surface area contributed by atoms with Gasteiger partial charge in [0.1, 0.15) is 5.54 Å². The van der Waals surface area contributed by atoms with E-state index >= 15 is 0 Å². The maximum Gasteiger partial charge on any atom is 0.257 e. The Morgan fingerprint density at radius 1 is 0.758 bits per heavy atom. The smallest absolute Gasteiger partial charge is 0.257 e. The lowest BCUT2D eigenvalue weighted by atomic mass is 9.84. The Morgan fingerprint density at radius 3 is 2.00 bits per heavy atom. The van der Waals surface area contributed by atoms with E-state index in [1.807, 2.05) is 29.2 Å². The second kappa shape index (κ2) is 7.63. The summed E-state index contributed by atoms with van der Waals surface area (Å²) in [5, 5.41) is 2.35. The molecule has 0 N–H and O–H groups in total. The first-order valence-electron chi connectivity index (χ1n) is 11.7. The topological polar surface area (TPSA) is 25.2 Å². The van der Waals surface area contributed by atoms with E-state index in [1.54, 1.807) is 0 Å². The fourth-order valence-electron chi connectivity index (χ4n) is 5.68. The molecule has 0 saturated carbocycles. The zero-order chi connectivity index (χ0) is 22.4. The zero-order valence-electron chi connectivity index (χ0n) is 18.7. The molecule has 0 bridgehead atoms. The van der Waals surface area contributed by atoms with E-state index in [9.17, 15) is 4.79 Å². The number of benzene rings is 4. The van der Waals surface area contributed by atoms with Crippen molar-refractivity contribution >= 4 is 33.4 Å². The number of aromatic nitrogens is 1. The van der Waals surface area contributed by atoms with Crippen molar-refractivity contribution in [1.29, 1.82) is 0 Å². The molecule has 5 aromatic rings. The second-order valence-electron chi connectivity index (χ2n) is 8.79. The normalized spacial score (nSPS) is 15.0. The minimum absolute atomic E-state index is 0.132. The summed E-state index contributed by atoms with van der Waals surface area (Å²) in [5.74, 6) is 0.132. The van der Waals surface area contributed by atoms with E-state index in [1.165, 1.54) is 16.3 Å². The van der Waals surface area contributed by atoms with Crippen LogP contribution in [0.1, 0.15) is 24.5 Å². The quantitative estimate of drug-likeness (QED) is 0.318. The number of carbonyl (C=O) groups excluding carboxylic acids is 1. The van der Waals surface area contributed by atoms with Gasteiger partial charge in [-0.05, 0) is 42.2 Å². The third-order valence-corrected chi connectivity index (χ3v) is 7.21. The SMILES string of the molecule is CC[C@@](C(=O)N1CCc2ccccc21)(c1ccccc1)n1c2ccccc2c2ccccc21. The number of anilines is 1. The van der Waals surface area contributed by atoms with Crippen LogP contribution >= 0.6 is 0 Å². The molecule has 6 rings (SSSR count). The van der Waals surface area contributed by atoms with Crippen LogP contribution in [0.5, 0.6) is 0 Å². The van der Waals surface area contributed by atoms with Crippen LogP contribution < -0.4 is 4.90 Å². The minimum atomic E-state index is -0.860. The number of amides is 1. The molecule has 3 nitrogen and oxygen atoms in total. The maximum atomic E-state index is 14.8. The van der Waals surface area contributed by atoms with Gasteiger partial charge in [0.25, 0.3) is 5.91 Å². The lowest BCUT2D eigenvalue weighted by Gasteiger charge is -2.38. The van der Waals surface area contributed by atoms with Crippen LogP contribution in [0, 0.1) is 0 Å². The van der Waals surface area contributed by atoms with Crippen LogP contribution in [0.25, 0.3) is 21.8 Å². The summed E-state index contributed by atoms with van der Waals surface area (Å²) in [7, 11) is 0. The Hall–Kier alpha value is -3.85. The Morgan fingerprint density at radius 2 is 1.33 bits per heavy atom. The molecule has 1 amide bonds. The lowest BCUT2D eigenvalue weighted by molar-refractivity contribution is -0.125. The van der Waals surface area contributed by atoms with Gasteiger partial charge >= 0.3 is 0 Å². The van der Waals surface area contributed by atoms with Gasteiger partial charge in [-0.3, -0.25) is 4.79 Å². The fourth-order valence-corrected chi connectivity index (χ4v) is 5.68. The van der Waals surface area contributed by atoms with E-state index in [2.05, 4.69) is 90.4 Å². The van der Waals surface area contributed by atoms with Gasteiger partial charge in [0.15, 0.2) is 0 Å². The molecule has 0 spiro atoms. The number of hydrogen-bond acceptors (Lipinski definition) is 1. The molecule has 1 aromatic heterocycles. The summed E-state index contributed by atoms with van der Waals surface area (Å²) in [6.07, 6.45) is 1.54. The highest BCUT2D eigenvalue weighted by Gasteiger charge is 2.46. The van der Waals surface area contributed by atoms with Crippen LogP contribution in [0.4, 0.5) is 5.69 Å². The average Bonchev–Trinajstić information content (AvgIpc) is 3.46. The summed E-state index contributed by atoms with van der Waals surface area (Å²) >= 11 is 0. The first-order chi connectivity index (χ1) is 16.3. The molecule has 162 valence electrons. The Labute approximate surface area is 193 Å². The van der Waals surface area contributed by atoms with Crippen molar-refractivity contribution < 1.29 is 4.79 Å². The lowest BCUT2D eigenvalue weighted by Crippen LogP contribution is -2.51. The third-order valence-electron chi connectivity index (χ3n) is 7.21. The molecule has 1 aliphatic heterocycles. The molecular formula is C30H26N2O. The van der Waals surface area contributed by atoms with Crippen molar-refractivity contribution in [2.24, 2.45) is 0 Å². The van der Waals surface area contributed by atoms with Gasteiger partial charge in [0, 0.05) is 23.0 Å². The summed E-state index contributed by atoms with van der Waals surface area (Å²) in [4.78, 5) is 16.8.